The van der Waals surface area contributed by atoms with Crippen LogP contribution >= 0.6 is 11.6 Å². The zero-order valence-corrected chi connectivity index (χ0v) is 14.0. The number of hydrogen-bond donors (Lipinski definition) is 0. The monoisotopic (exact) mass is 336 g/mol. The number of hydrogen-bond acceptors (Lipinski definition) is 4. The van der Waals surface area contributed by atoms with Crippen molar-refractivity contribution < 1.29 is 17.9 Å². The van der Waals surface area contributed by atoms with Crippen LogP contribution in [0.25, 0.3) is 0 Å². The second kappa shape index (κ2) is 6.66. The fraction of sp³-hybridized carbons (Fsp3) is 0.692. The van der Waals surface area contributed by atoms with Crippen LogP contribution in [0, 0.1) is 0 Å². The van der Waals surface area contributed by atoms with Crippen molar-refractivity contribution in [1.29, 1.82) is 0 Å². The SMILES string of the molecule is CCn1cc(S(=O)(=O)N2CC(OC)C(OC)C2)cc1CCl. The first kappa shape index (κ1) is 16.8. The van der Waals surface area contributed by atoms with Crippen molar-refractivity contribution >= 4 is 21.6 Å². The molecular formula is C13H21ClN2O4S. The molecule has 21 heavy (non-hydrogen) atoms. The number of methoxy groups -OCH3 is 2. The lowest BCUT2D eigenvalue weighted by molar-refractivity contribution is -0.00461. The smallest absolute Gasteiger partial charge is 0.244 e. The van der Waals surface area contributed by atoms with Crippen LogP contribution in [0.15, 0.2) is 17.2 Å². The van der Waals surface area contributed by atoms with E-state index in [1.54, 1.807) is 26.5 Å². The molecule has 6 nitrogen and oxygen atoms in total. The molecule has 1 fully saturated rings. The van der Waals surface area contributed by atoms with Crippen LogP contribution in [0.3, 0.4) is 0 Å². The molecule has 2 unspecified atom stereocenters. The standard InChI is InChI=1S/C13H21ClN2O4S/c1-4-15-7-11(5-10(15)6-14)21(17,18)16-8-12(19-2)13(9-16)20-3/h5,7,12-13H,4,6,8-9H2,1-3H3. The third kappa shape index (κ3) is 3.12. The van der Waals surface area contributed by atoms with Gasteiger partial charge >= 0.3 is 0 Å². The van der Waals surface area contributed by atoms with E-state index in [0.717, 1.165) is 5.69 Å². The van der Waals surface area contributed by atoms with Gasteiger partial charge in [0, 0.05) is 45.7 Å². The Hall–Kier alpha value is -0.600. The number of sulfonamides is 1. The molecule has 1 aromatic heterocycles. The largest absolute Gasteiger partial charge is 0.377 e. The maximum atomic E-state index is 12.7. The summed E-state index contributed by atoms with van der Waals surface area (Å²) in [4.78, 5) is 0.270. The van der Waals surface area contributed by atoms with Gasteiger partial charge in [0.1, 0.15) is 4.90 Å². The minimum absolute atomic E-state index is 0.245. The zero-order valence-electron chi connectivity index (χ0n) is 12.5. The fourth-order valence-corrected chi connectivity index (χ4v) is 4.34. The van der Waals surface area contributed by atoms with Crippen molar-refractivity contribution in [3.8, 4) is 0 Å². The Bertz CT molecular complexity index is 553. The van der Waals surface area contributed by atoms with Crippen LogP contribution in [-0.2, 0) is 31.9 Å². The van der Waals surface area contributed by atoms with Gasteiger partial charge in [0.25, 0.3) is 0 Å². The average molecular weight is 337 g/mol. The van der Waals surface area contributed by atoms with E-state index in [4.69, 9.17) is 21.1 Å². The Morgan fingerprint density at radius 2 is 1.86 bits per heavy atom. The van der Waals surface area contributed by atoms with Gasteiger partial charge in [-0.3, -0.25) is 0 Å². The minimum atomic E-state index is -3.55. The summed E-state index contributed by atoms with van der Waals surface area (Å²) in [5.41, 5.74) is 0.795. The molecule has 2 atom stereocenters. The van der Waals surface area contributed by atoms with Crippen LogP contribution in [0.5, 0.6) is 0 Å². The lowest BCUT2D eigenvalue weighted by Crippen LogP contribution is -2.30. The predicted molar refractivity (Wildman–Crippen MR) is 80.0 cm³/mol. The quantitative estimate of drug-likeness (QED) is 0.734. The molecule has 1 saturated heterocycles. The molecule has 8 heteroatoms. The topological polar surface area (TPSA) is 60.8 Å². The van der Waals surface area contributed by atoms with E-state index < -0.39 is 10.0 Å². The van der Waals surface area contributed by atoms with E-state index in [2.05, 4.69) is 0 Å². The molecule has 120 valence electrons. The van der Waals surface area contributed by atoms with Crippen molar-refractivity contribution in [2.24, 2.45) is 0 Å². The maximum Gasteiger partial charge on any atom is 0.244 e. The van der Waals surface area contributed by atoms with E-state index in [0.29, 0.717) is 19.6 Å². The van der Waals surface area contributed by atoms with E-state index >= 15 is 0 Å². The van der Waals surface area contributed by atoms with E-state index in [-0.39, 0.29) is 23.0 Å². The van der Waals surface area contributed by atoms with Crippen molar-refractivity contribution in [2.75, 3.05) is 27.3 Å². The van der Waals surface area contributed by atoms with E-state index in [1.165, 1.54) is 4.31 Å². The molecule has 1 aliphatic rings. The summed E-state index contributed by atoms with van der Waals surface area (Å²) in [6.07, 6.45) is 1.14. The summed E-state index contributed by atoms with van der Waals surface area (Å²) in [7, 11) is -0.430. The van der Waals surface area contributed by atoms with Gasteiger partial charge in [-0.05, 0) is 13.0 Å². The highest BCUT2D eigenvalue weighted by molar-refractivity contribution is 7.89. The number of halogens is 1. The number of alkyl halides is 1. The van der Waals surface area contributed by atoms with Crippen molar-refractivity contribution in [2.45, 2.75) is 36.5 Å². The van der Waals surface area contributed by atoms with Gasteiger partial charge in [-0.25, -0.2) is 8.42 Å². The number of rotatable bonds is 6. The van der Waals surface area contributed by atoms with Gasteiger partial charge in [0.2, 0.25) is 10.0 Å². The van der Waals surface area contributed by atoms with Crippen LogP contribution in [-0.4, -0.2) is 56.8 Å². The Labute approximate surface area is 130 Å². The summed E-state index contributed by atoms with van der Waals surface area (Å²) in [6.45, 7) is 3.22. The molecule has 0 bridgehead atoms. The first-order chi connectivity index (χ1) is 9.97. The first-order valence-electron chi connectivity index (χ1n) is 6.78. The summed E-state index contributed by atoms with van der Waals surface area (Å²) >= 11 is 5.86. The van der Waals surface area contributed by atoms with Crippen molar-refractivity contribution in [3.63, 3.8) is 0 Å². The Morgan fingerprint density at radius 1 is 1.29 bits per heavy atom. The highest BCUT2D eigenvalue weighted by atomic mass is 35.5. The Kier molecular flexibility index (Phi) is 5.32. The van der Waals surface area contributed by atoms with Crippen molar-refractivity contribution in [1.82, 2.24) is 8.87 Å². The van der Waals surface area contributed by atoms with Crippen molar-refractivity contribution in [3.05, 3.63) is 18.0 Å². The van der Waals surface area contributed by atoms with Crippen LogP contribution in [0.1, 0.15) is 12.6 Å². The highest BCUT2D eigenvalue weighted by Crippen LogP contribution is 2.25. The number of ether oxygens (including phenoxy) is 2. The van der Waals surface area contributed by atoms with Gasteiger partial charge in [-0.1, -0.05) is 0 Å². The number of nitrogens with zero attached hydrogens (tertiary/aromatic N) is 2. The van der Waals surface area contributed by atoms with Crippen LogP contribution < -0.4 is 0 Å². The van der Waals surface area contributed by atoms with E-state index in [1.807, 2.05) is 11.5 Å². The molecule has 1 aliphatic heterocycles. The number of aromatic nitrogens is 1. The summed E-state index contributed by atoms with van der Waals surface area (Å²) in [5, 5.41) is 0. The molecule has 0 spiro atoms. The maximum absolute atomic E-state index is 12.7. The lowest BCUT2D eigenvalue weighted by atomic mass is 10.3. The first-order valence-corrected chi connectivity index (χ1v) is 8.76. The molecule has 0 aromatic carbocycles. The summed E-state index contributed by atoms with van der Waals surface area (Å²) < 4.78 is 39.3. The summed E-state index contributed by atoms with van der Waals surface area (Å²) in [6, 6.07) is 1.63. The third-order valence-corrected chi connectivity index (χ3v) is 5.93. The number of aryl methyl sites for hydroxylation is 1. The molecule has 1 aromatic rings. The van der Waals surface area contributed by atoms with E-state index in [9.17, 15) is 8.42 Å². The molecule has 2 heterocycles. The fourth-order valence-electron chi connectivity index (χ4n) is 2.58. The normalized spacial score (nSPS) is 23.8. The Balaban J connectivity index is 2.28. The molecule has 0 saturated carbocycles. The average Bonchev–Trinajstić information content (AvgIpc) is 3.10. The molecule has 2 rings (SSSR count). The second-order valence-corrected chi connectivity index (χ2v) is 7.16. The minimum Gasteiger partial charge on any atom is -0.377 e. The summed E-state index contributed by atoms with van der Waals surface area (Å²) in [5.74, 6) is 0.282. The molecule has 0 N–H and O–H groups in total. The molecule has 0 aliphatic carbocycles. The van der Waals surface area contributed by atoms with Gasteiger partial charge in [-0.15, -0.1) is 11.6 Å². The molecule has 0 amide bonds. The van der Waals surface area contributed by atoms with Crippen LogP contribution in [0.4, 0.5) is 0 Å². The molecular weight excluding hydrogens is 316 g/mol. The second-order valence-electron chi connectivity index (χ2n) is 4.96. The zero-order chi connectivity index (χ0) is 15.6. The van der Waals surface area contributed by atoms with Gasteiger partial charge in [-0.2, -0.15) is 4.31 Å². The van der Waals surface area contributed by atoms with Gasteiger partial charge in [0.05, 0.1) is 18.1 Å². The highest BCUT2D eigenvalue weighted by Gasteiger charge is 2.40. The van der Waals surface area contributed by atoms with Crippen LogP contribution in [0.2, 0.25) is 0 Å². The predicted octanol–water partition coefficient (Wildman–Crippen LogP) is 1.28. The molecule has 0 radical (unpaired) electrons. The van der Waals surface area contributed by atoms with Gasteiger partial charge < -0.3 is 14.0 Å². The van der Waals surface area contributed by atoms with Gasteiger partial charge in [0.15, 0.2) is 0 Å². The third-order valence-electron chi connectivity index (χ3n) is 3.86. The lowest BCUT2D eigenvalue weighted by Gasteiger charge is -2.14. The Morgan fingerprint density at radius 3 is 2.24 bits per heavy atom.